The average molecular weight is 246 g/mol. The highest BCUT2D eigenvalue weighted by Crippen LogP contribution is 2.40. The zero-order valence-electron chi connectivity index (χ0n) is 10.4. The highest BCUT2D eigenvalue weighted by Gasteiger charge is 2.54. The molecule has 1 atom stereocenters. The number of fused-ring (bicyclic) bond motifs is 1. The zero-order chi connectivity index (χ0) is 13.3. The summed E-state index contributed by atoms with van der Waals surface area (Å²) in [7, 11) is 1.24. The minimum Gasteiger partial charge on any atom is -0.466 e. The van der Waals surface area contributed by atoms with Crippen molar-refractivity contribution in [1.29, 1.82) is 0 Å². The van der Waals surface area contributed by atoms with Crippen LogP contribution in [-0.2, 0) is 9.53 Å². The molecular formula is C14H14O4. The molecule has 18 heavy (non-hydrogen) atoms. The number of ketones is 1. The predicted octanol–water partition coefficient (Wildman–Crippen LogP) is 2.06. The molecule has 0 saturated heterocycles. The molecule has 0 radical (unpaired) electrons. The number of ether oxygens (including phenoxy) is 2. The number of benzene rings is 1. The number of para-hydroxylation sites is 1. The van der Waals surface area contributed by atoms with E-state index in [-0.39, 0.29) is 12.2 Å². The van der Waals surface area contributed by atoms with Gasteiger partial charge in [-0.15, -0.1) is 6.58 Å². The summed E-state index contributed by atoms with van der Waals surface area (Å²) >= 11 is 0. The predicted molar refractivity (Wildman–Crippen MR) is 65.7 cm³/mol. The van der Waals surface area contributed by atoms with Crippen LogP contribution in [-0.4, -0.2) is 24.5 Å². The number of carbonyl (C=O) groups is 2. The molecule has 0 spiro atoms. The fourth-order valence-electron chi connectivity index (χ4n) is 2.13. The van der Waals surface area contributed by atoms with Crippen molar-refractivity contribution in [3.63, 3.8) is 0 Å². The normalized spacial score (nSPS) is 21.1. The summed E-state index contributed by atoms with van der Waals surface area (Å²) in [4.78, 5) is 24.3. The largest absolute Gasteiger partial charge is 0.466 e. The molecule has 1 heterocycles. The average Bonchev–Trinajstić information content (AvgIpc) is 2.66. The van der Waals surface area contributed by atoms with E-state index >= 15 is 0 Å². The Bertz CT molecular complexity index is 533. The quantitative estimate of drug-likeness (QED) is 0.465. The lowest BCUT2D eigenvalue weighted by molar-refractivity contribution is -0.153. The summed E-state index contributed by atoms with van der Waals surface area (Å²) in [6.07, 6.45) is 1.57. The summed E-state index contributed by atoms with van der Waals surface area (Å²) in [6, 6.07) is 5.24. The van der Waals surface area contributed by atoms with Crippen LogP contribution in [0.3, 0.4) is 0 Å². The SMILES string of the molecule is C=CC[C@]1(C(=O)OC)Oc2c(C)cccc2C1=O. The number of carbonyl (C=O) groups excluding carboxylic acids is 2. The third kappa shape index (κ3) is 1.53. The lowest BCUT2D eigenvalue weighted by Crippen LogP contribution is -2.48. The van der Waals surface area contributed by atoms with Gasteiger partial charge in [-0.25, -0.2) is 4.79 Å². The lowest BCUT2D eigenvalue weighted by Gasteiger charge is -2.22. The van der Waals surface area contributed by atoms with E-state index in [1.807, 2.05) is 13.0 Å². The van der Waals surface area contributed by atoms with Crippen molar-refractivity contribution in [1.82, 2.24) is 0 Å². The van der Waals surface area contributed by atoms with Crippen LogP contribution in [0.2, 0.25) is 0 Å². The van der Waals surface area contributed by atoms with Crippen LogP contribution in [0, 0.1) is 6.92 Å². The van der Waals surface area contributed by atoms with Gasteiger partial charge in [0.2, 0.25) is 5.78 Å². The van der Waals surface area contributed by atoms with E-state index in [9.17, 15) is 9.59 Å². The molecule has 1 aromatic rings. The van der Waals surface area contributed by atoms with Crippen molar-refractivity contribution >= 4 is 11.8 Å². The number of esters is 1. The topological polar surface area (TPSA) is 52.6 Å². The van der Waals surface area contributed by atoms with Gasteiger partial charge in [0, 0.05) is 6.42 Å². The Kier molecular flexibility index (Phi) is 2.95. The van der Waals surface area contributed by atoms with Gasteiger partial charge in [0.15, 0.2) is 0 Å². The second-order valence-electron chi connectivity index (χ2n) is 4.19. The third-order valence-electron chi connectivity index (χ3n) is 3.05. The fourth-order valence-corrected chi connectivity index (χ4v) is 2.13. The molecule has 0 unspecified atom stereocenters. The van der Waals surface area contributed by atoms with Crippen LogP contribution in [0.1, 0.15) is 22.3 Å². The summed E-state index contributed by atoms with van der Waals surface area (Å²) in [5.41, 5.74) is -0.372. The first-order valence-electron chi connectivity index (χ1n) is 5.59. The van der Waals surface area contributed by atoms with Crippen molar-refractivity contribution in [2.45, 2.75) is 18.9 Å². The summed E-state index contributed by atoms with van der Waals surface area (Å²) < 4.78 is 10.3. The summed E-state index contributed by atoms with van der Waals surface area (Å²) in [6.45, 7) is 5.39. The van der Waals surface area contributed by atoms with E-state index in [0.717, 1.165) is 5.56 Å². The molecule has 0 N–H and O–H groups in total. The molecule has 1 aromatic carbocycles. The number of hydrogen-bond donors (Lipinski definition) is 0. The van der Waals surface area contributed by atoms with Crippen molar-refractivity contribution in [3.8, 4) is 5.75 Å². The molecule has 0 aliphatic carbocycles. The zero-order valence-corrected chi connectivity index (χ0v) is 10.4. The van der Waals surface area contributed by atoms with Gasteiger partial charge < -0.3 is 9.47 Å². The van der Waals surface area contributed by atoms with Crippen LogP contribution in [0.25, 0.3) is 0 Å². The Balaban J connectivity index is 2.56. The molecule has 0 aromatic heterocycles. The first-order valence-corrected chi connectivity index (χ1v) is 5.59. The molecule has 4 heteroatoms. The van der Waals surface area contributed by atoms with Crippen molar-refractivity contribution in [2.24, 2.45) is 0 Å². The molecule has 2 rings (SSSR count). The maximum atomic E-state index is 12.4. The molecule has 0 saturated carbocycles. The second kappa shape index (κ2) is 4.29. The number of methoxy groups -OCH3 is 1. The highest BCUT2D eigenvalue weighted by molar-refractivity contribution is 6.19. The first kappa shape index (κ1) is 12.4. The van der Waals surface area contributed by atoms with Crippen LogP contribution in [0.5, 0.6) is 5.75 Å². The first-order chi connectivity index (χ1) is 8.56. The maximum absolute atomic E-state index is 12.4. The molecule has 4 nitrogen and oxygen atoms in total. The van der Waals surface area contributed by atoms with Crippen molar-refractivity contribution in [2.75, 3.05) is 7.11 Å². The standard InChI is InChI=1S/C14H14O4/c1-4-8-14(13(16)17-3)12(15)10-7-5-6-9(2)11(10)18-14/h4-7H,1,8H2,2-3H3/t14-/m0/s1. The van der Waals surface area contributed by atoms with E-state index in [2.05, 4.69) is 6.58 Å². The molecule has 94 valence electrons. The molecule has 0 amide bonds. The second-order valence-corrected chi connectivity index (χ2v) is 4.19. The third-order valence-corrected chi connectivity index (χ3v) is 3.05. The van der Waals surface area contributed by atoms with Crippen molar-refractivity contribution in [3.05, 3.63) is 42.0 Å². The number of Topliss-reactive ketones (excluding diaryl/α,β-unsaturated/α-hetero) is 1. The summed E-state index contributed by atoms with van der Waals surface area (Å²) in [5, 5.41) is 0. The minimum atomic E-state index is -1.61. The fraction of sp³-hybridized carbons (Fsp3) is 0.286. The molecule has 0 fully saturated rings. The number of aryl methyl sites for hydroxylation is 1. The number of hydrogen-bond acceptors (Lipinski definition) is 4. The van der Waals surface area contributed by atoms with E-state index in [1.54, 1.807) is 12.1 Å². The van der Waals surface area contributed by atoms with Gasteiger partial charge in [0.25, 0.3) is 5.60 Å². The lowest BCUT2D eigenvalue weighted by atomic mass is 9.92. The van der Waals surface area contributed by atoms with E-state index in [1.165, 1.54) is 13.2 Å². The molecule has 1 aliphatic heterocycles. The Morgan fingerprint density at radius 2 is 2.28 bits per heavy atom. The Morgan fingerprint density at radius 1 is 1.56 bits per heavy atom. The van der Waals surface area contributed by atoms with Gasteiger partial charge in [-0.2, -0.15) is 0 Å². The van der Waals surface area contributed by atoms with Gasteiger partial charge in [0.1, 0.15) is 5.75 Å². The van der Waals surface area contributed by atoms with Gasteiger partial charge in [-0.05, 0) is 18.6 Å². The molecule has 0 bridgehead atoms. The van der Waals surface area contributed by atoms with Crippen molar-refractivity contribution < 1.29 is 19.1 Å². The van der Waals surface area contributed by atoms with Gasteiger partial charge >= 0.3 is 5.97 Å². The molecular weight excluding hydrogens is 232 g/mol. The Labute approximate surface area is 105 Å². The van der Waals surface area contributed by atoms with Crippen LogP contribution in [0.15, 0.2) is 30.9 Å². The van der Waals surface area contributed by atoms with E-state index in [0.29, 0.717) is 11.3 Å². The Morgan fingerprint density at radius 3 is 2.83 bits per heavy atom. The van der Waals surface area contributed by atoms with Crippen LogP contribution >= 0.6 is 0 Å². The highest BCUT2D eigenvalue weighted by atomic mass is 16.6. The maximum Gasteiger partial charge on any atom is 0.358 e. The van der Waals surface area contributed by atoms with E-state index in [4.69, 9.17) is 9.47 Å². The minimum absolute atomic E-state index is 0.0899. The number of rotatable bonds is 3. The molecule has 1 aliphatic rings. The Hall–Kier alpha value is -2.10. The smallest absolute Gasteiger partial charge is 0.358 e. The summed E-state index contributed by atoms with van der Waals surface area (Å²) in [5.74, 6) is -0.606. The monoisotopic (exact) mass is 246 g/mol. The van der Waals surface area contributed by atoms with Gasteiger partial charge in [-0.1, -0.05) is 18.2 Å². The van der Waals surface area contributed by atoms with Crippen LogP contribution in [0.4, 0.5) is 0 Å². The van der Waals surface area contributed by atoms with Gasteiger partial charge in [-0.3, -0.25) is 4.79 Å². The van der Waals surface area contributed by atoms with Gasteiger partial charge in [0.05, 0.1) is 12.7 Å². The van der Waals surface area contributed by atoms with E-state index < -0.39 is 11.6 Å². The van der Waals surface area contributed by atoms with Crippen LogP contribution < -0.4 is 4.74 Å².